The van der Waals surface area contributed by atoms with Gasteiger partial charge in [-0.15, -0.1) is 23.5 Å². The Morgan fingerprint density at radius 2 is 2.10 bits per heavy atom. The Bertz CT molecular complexity index is 1020. The third-order valence-electron chi connectivity index (χ3n) is 4.19. The van der Waals surface area contributed by atoms with Crippen molar-refractivity contribution in [3.8, 4) is 11.8 Å². The smallest absolute Gasteiger partial charge is 0.269 e. The molecule has 0 saturated carbocycles. The van der Waals surface area contributed by atoms with Gasteiger partial charge in [0.2, 0.25) is 0 Å². The number of benzene rings is 1. The molecule has 0 N–H and O–H groups in total. The Kier molecular flexibility index (Phi) is 9.01. The van der Waals surface area contributed by atoms with Crippen molar-refractivity contribution in [3.63, 3.8) is 0 Å². The lowest BCUT2D eigenvalue weighted by molar-refractivity contribution is -0.137. The van der Waals surface area contributed by atoms with Crippen molar-refractivity contribution in [2.75, 3.05) is 5.75 Å². The Morgan fingerprint density at radius 1 is 1.35 bits per heavy atom. The van der Waals surface area contributed by atoms with Crippen LogP contribution in [0.4, 0.5) is 13.2 Å². The second kappa shape index (κ2) is 11.3. The summed E-state index contributed by atoms with van der Waals surface area (Å²) in [5.74, 6) is 0.591. The number of rotatable bonds is 4. The molecular weight excluding hydrogens is 441 g/mol. The molecule has 0 amide bonds. The second-order valence-electron chi connectivity index (χ2n) is 6.14. The van der Waals surface area contributed by atoms with E-state index in [2.05, 4.69) is 16.2 Å². The molecule has 0 radical (unpaired) electrons. The lowest BCUT2D eigenvalue weighted by atomic mass is 10.1. The van der Waals surface area contributed by atoms with Gasteiger partial charge in [0.05, 0.1) is 21.1 Å². The van der Waals surface area contributed by atoms with E-state index in [0.717, 1.165) is 9.81 Å². The van der Waals surface area contributed by atoms with Crippen LogP contribution in [0, 0.1) is 11.3 Å². The number of halogens is 3. The predicted octanol–water partition coefficient (Wildman–Crippen LogP) is 7.17. The highest BCUT2D eigenvalue weighted by Crippen LogP contribution is 2.52. The molecule has 1 aromatic carbocycles. The van der Waals surface area contributed by atoms with Gasteiger partial charge in [0.25, 0.3) is 0 Å². The van der Waals surface area contributed by atoms with E-state index >= 15 is 0 Å². The van der Waals surface area contributed by atoms with Gasteiger partial charge in [0, 0.05) is 35.8 Å². The maximum absolute atomic E-state index is 13.7. The molecule has 0 spiro atoms. The first-order valence-electron chi connectivity index (χ1n) is 9.65. The summed E-state index contributed by atoms with van der Waals surface area (Å²) in [4.78, 5) is 4.04. The number of nitrogens with zero attached hydrogens (tertiary/aromatic N) is 4. The first-order chi connectivity index (χ1) is 14.8. The van der Waals surface area contributed by atoms with Crippen molar-refractivity contribution in [2.45, 2.75) is 39.1 Å². The first kappa shape index (κ1) is 24.8. The average Bonchev–Trinajstić information content (AvgIpc) is 3.46. The number of thioether (sulfide) groups is 2. The molecule has 164 valence electrons. The van der Waals surface area contributed by atoms with Gasteiger partial charge in [0.1, 0.15) is 6.07 Å². The van der Waals surface area contributed by atoms with E-state index < -0.39 is 11.7 Å². The summed E-state index contributed by atoms with van der Waals surface area (Å²) < 4.78 is 43.0. The maximum Gasteiger partial charge on any atom is 0.418 e. The lowest BCUT2D eigenvalue weighted by Gasteiger charge is -2.16. The summed E-state index contributed by atoms with van der Waals surface area (Å²) in [5.41, 5.74) is 1.08. The van der Waals surface area contributed by atoms with Gasteiger partial charge >= 0.3 is 6.18 Å². The molecule has 1 aromatic heterocycles. The van der Waals surface area contributed by atoms with E-state index in [1.807, 2.05) is 13.8 Å². The molecule has 31 heavy (non-hydrogen) atoms. The van der Waals surface area contributed by atoms with Gasteiger partial charge < -0.3 is 0 Å². The number of aliphatic imine (C=N–C) groups is 1. The maximum atomic E-state index is 13.7. The van der Waals surface area contributed by atoms with E-state index in [1.165, 1.54) is 52.7 Å². The molecule has 2 aromatic rings. The molecule has 1 atom stereocenters. The minimum atomic E-state index is -4.50. The Morgan fingerprint density at radius 3 is 2.68 bits per heavy atom. The molecular formula is C22H23F3N4S2. The SMILES string of the molecule is CC.CC=N/C=C(C)/C(C#N)=C1/SCC(c2ccc(-n3cccn3)c(C(F)(F)F)c2)S1. The zero-order valence-electron chi connectivity index (χ0n) is 17.6. The normalized spacial score (nSPS) is 18.5. The van der Waals surface area contributed by atoms with Gasteiger partial charge in [-0.1, -0.05) is 19.9 Å². The zero-order valence-corrected chi connectivity index (χ0v) is 19.3. The predicted molar refractivity (Wildman–Crippen MR) is 123 cm³/mol. The molecule has 3 rings (SSSR count). The Hall–Kier alpha value is -2.44. The van der Waals surface area contributed by atoms with Crippen LogP contribution in [0.25, 0.3) is 5.69 Å². The molecule has 1 aliphatic rings. The van der Waals surface area contributed by atoms with Crippen molar-refractivity contribution >= 4 is 29.7 Å². The van der Waals surface area contributed by atoms with E-state index in [-0.39, 0.29) is 10.9 Å². The highest BCUT2D eigenvalue weighted by Gasteiger charge is 2.36. The van der Waals surface area contributed by atoms with Crippen molar-refractivity contribution in [1.29, 1.82) is 5.26 Å². The number of hydrogen-bond acceptors (Lipinski definition) is 5. The van der Waals surface area contributed by atoms with Crippen molar-refractivity contribution in [1.82, 2.24) is 9.78 Å². The number of hydrogen-bond donors (Lipinski definition) is 0. The van der Waals surface area contributed by atoms with E-state index in [4.69, 9.17) is 0 Å². The van der Waals surface area contributed by atoms with Gasteiger partial charge in [0.15, 0.2) is 0 Å². The summed E-state index contributed by atoms with van der Waals surface area (Å²) >= 11 is 2.90. The molecule has 9 heteroatoms. The summed E-state index contributed by atoms with van der Waals surface area (Å²) in [5, 5.41) is 13.3. The van der Waals surface area contributed by atoms with Crippen LogP contribution in [0.1, 0.15) is 44.1 Å². The molecule has 1 saturated heterocycles. The van der Waals surface area contributed by atoms with Crippen molar-refractivity contribution in [3.05, 3.63) is 69.4 Å². The van der Waals surface area contributed by atoms with Crippen LogP contribution in [0.2, 0.25) is 0 Å². The Labute approximate surface area is 188 Å². The monoisotopic (exact) mass is 464 g/mol. The highest BCUT2D eigenvalue weighted by molar-refractivity contribution is 8.25. The number of nitriles is 1. The van der Waals surface area contributed by atoms with Crippen LogP contribution in [-0.4, -0.2) is 21.7 Å². The van der Waals surface area contributed by atoms with Crippen LogP contribution in [0.3, 0.4) is 0 Å². The summed E-state index contributed by atoms with van der Waals surface area (Å²) in [6.45, 7) is 7.58. The van der Waals surface area contributed by atoms with Crippen LogP contribution in [-0.2, 0) is 6.18 Å². The summed E-state index contributed by atoms with van der Waals surface area (Å²) in [6.07, 6.45) is 1.66. The standard InChI is InChI=1S/C20H17F3N4S2.C2H6/c1-3-25-11-13(2)15(10-24)19-28-12-18(29-19)14-5-6-17(27-8-4-7-26-27)16(9-14)20(21,22)23;1-2/h3-9,11,18H,12H2,1-2H3;1-2H3/b13-11+,19-15-,25-3?;. The van der Waals surface area contributed by atoms with Crippen molar-refractivity contribution < 1.29 is 13.2 Å². The third kappa shape index (κ3) is 6.05. The topological polar surface area (TPSA) is 54.0 Å². The van der Waals surface area contributed by atoms with Crippen LogP contribution in [0.15, 0.2) is 63.2 Å². The zero-order chi connectivity index (χ0) is 23.0. The van der Waals surface area contributed by atoms with E-state index in [0.29, 0.717) is 16.9 Å². The molecule has 1 unspecified atom stereocenters. The fourth-order valence-electron chi connectivity index (χ4n) is 2.78. The molecule has 0 bridgehead atoms. The quantitative estimate of drug-likeness (QED) is 0.356. The first-order valence-corrected chi connectivity index (χ1v) is 11.5. The van der Waals surface area contributed by atoms with Gasteiger partial charge in [-0.2, -0.15) is 23.5 Å². The third-order valence-corrected chi connectivity index (χ3v) is 7.15. The fraction of sp³-hybridized carbons (Fsp3) is 0.318. The van der Waals surface area contributed by atoms with Crippen LogP contribution in [0.5, 0.6) is 0 Å². The molecule has 0 aliphatic carbocycles. The molecule has 1 aliphatic heterocycles. The molecule has 4 nitrogen and oxygen atoms in total. The number of aromatic nitrogens is 2. The Balaban J connectivity index is 0.00000166. The van der Waals surface area contributed by atoms with Gasteiger partial charge in [-0.25, -0.2) is 4.68 Å². The summed E-state index contributed by atoms with van der Waals surface area (Å²) in [6, 6.07) is 8.11. The minimum Gasteiger partial charge on any atom is -0.269 e. The average molecular weight is 465 g/mol. The molecule has 2 heterocycles. The minimum absolute atomic E-state index is 0.00779. The molecule has 1 fully saturated rings. The lowest BCUT2D eigenvalue weighted by Crippen LogP contribution is -2.12. The van der Waals surface area contributed by atoms with Crippen molar-refractivity contribution in [2.24, 2.45) is 4.99 Å². The summed E-state index contributed by atoms with van der Waals surface area (Å²) in [7, 11) is 0. The number of allylic oxidation sites excluding steroid dienone is 2. The fourth-order valence-corrected chi connectivity index (χ4v) is 5.79. The van der Waals surface area contributed by atoms with E-state index in [1.54, 1.807) is 38.4 Å². The van der Waals surface area contributed by atoms with Gasteiger partial charge in [-0.05, 0) is 43.2 Å². The van der Waals surface area contributed by atoms with Gasteiger partial charge in [-0.3, -0.25) is 4.99 Å². The van der Waals surface area contributed by atoms with Crippen LogP contribution >= 0.6 is 23.5 Å². The highest BCUT2D eigenvalue weighted by atomic mass is 32.2. The van der Waals surface area contributed by atoms with E-state index in [9.17, 15) is 18.4 Å². The second-order valence-corrected chi connectivity index (χ2v) is 8.64. The largest absolute Gasteiger partial charge is 0.418 e. The van der Waals surface area contributed by atoms with Crippen LogP contribution < -0.4 is 0 Å². The number of alkyl halides is 3.